The van der Waals surface area contributed by atoms with E-state index in [1.165, 1.54) is 0 Å². The van der Waals surface area contributed by atoms with E-state index in [1.807, 2.05) is 0 Å². The molecule has 0 bridgehead atoms. The van der Waals surface area contributed by atoms with Gasteiger partial charge in [0.15, 0.2) is 0 Å². The number of rotatable bonds is 4. The molecule has 9 aromatic carbocycles. The molecular weight excluding hydrogens is 593 g/mol. The van der Waals surface area contributed by atoms with E-state index in [4.69, 9.17) is 30.5 Å². The molecule has 0 saturated heterocycles. The van der Waals surface area contributed by atoms with E-state index in [9.17, 15) is 15.1 Å². The maximum atomic E-state index is 9.60. The van der Waals surface area contributed by atoms with Crippen molar-refractivity contribution >= 4 is 54.3 Å². The lowest BCUT2D eigenvalue weighted by Crippen LogP contribution is -1.91. The number of furan rings is 1. The molecule has 0 aliphatic rings. The van der Waals surface area contributed by atoms with Gasteiger partial charge in [-0.2, -0.15) is 0 Å². The first-order valence-corrected chi connectivity index (χ1v) is 14.4. The third-order valence-corrected chi connectivity index (χ3v) is 7.87. The highest BCUT2D eigenvalue weighted by Crippen LogP contribution is 2.47. The van der Waals surface area contributed by atoms with Crippen LogP contribution in [0.15, 0.2) is 186 Å². The Kier molecular flexibility index (Phi) is 2.50. The van der Waals surface area contributed by atoms with Crippen molar-refractivity contribution in [1.82, 2.24) is 0 Å². The Morgan fingerprint density at radius 2 is 0.857 bits per heavy atom. The van der Waals surface area contributed by atoms with Gasteiger partial charge < -0.3 is 4.42 Å². The maximum absolute atomic E-state index is 9.60. The third kappa shape index (κ3) is 4.40. The van der Waals surface area contributed by atoms with Gasteiger partial charge in [-0.3, -0.25) is 0 Å². The van der Waals surface area contributed by atoms with Crippen molar-refractivity contribution < 1.29 is 45.5 Å². The van der Waals surface area contributed by atoms with Gasteiger partial charge in [-0.1, -0.05) is 169 Å². The highest BCUT2D eigenvalue weighted by Gasteiger charge is 2.20. The van der Waals surface area contributed by atoms with Crippen LogP contribution in [0.3, 0.4) is 0 Å². The van der Waals surface area contributed by atoms with Crippen molar-refractivity contribution in [2.75, 3.05) is 0 Å². The van der Waals surface area contributed by atoms with Crippen LogP contribution in [0.2, 0.25) is 0 Å². The summed E-state index contributed by atoms with van der Waals surface area (Å²) in [5, 5.41) is -5.53. The predicted octanol–water partition coefficient (Wildman–Crippen LogP) is 13.7. The van der Waals surface area contributed by atoms with Gasteiger partial charge in [0.1, 0.15) is 11.2 Å². The minimum Gasteiger partial charge on any atom is -0.455 e. The number of fused-ring (bicyclic) bond motifs is 6. The van der Waals surface area contributed by atoms with E-state index in [0.29, 0.717) is 0 Å². The van der Waals surface area contributed by atoms with Crippen LogP contribution in [0.1, 0.15) is 41.1 Å². The molecular formula is C48H30O. The number of benzene rings is 9. The molecule has 1 heteroatoms. The second-order valence-corrected chi connectivity index (χ2v) is 10.5. The minimum absolute atomic E-state index is 0.579. The highest BCUT2D eigenvalue weighted by atomic mass is 16.3. The molecule has 0 N–H and O–H groups in total. The Labute approximate surface area is 326 Å². The summed E-state index contributed by atoms with van der Waals surface area (Å²) in [4.78, 5) is 0. The van der Waals surface area contributed by atoms with E-state index in [0.717, 1.165) is 0 Å². The molecule has 49 heavy (non-hydrogen) atoms. The van der Waals surface area contributed by atoms with Crippen LogP contribution in [-0.2, 0) is 0 Å². The summed E-state index contributed by atoms with van der Waals surface area (Å²) in [5.74, 6) is 0. The van der Waals surface area contributed by atoms with E-state index >= 15 is 0 Å². The van der Waals surface area contributed by atoms with Gasteiger partial charge in [0.05, 0.1) is 41.1 Å². The summed E-state index contributed by atoms with van der Waals surface area (Å²) in [7, 11) is 0. The predicted molar refractivity (Wildman–Crippen MR) is 208 cm³/mol. The average molecular weight is 653 g/mol. The fraction of sp³-hybridized carbons (Fsp3) is 0. The van der Waals surface area contributed by atoms with E-state index in [-0.39, 0.29) is 0 Å². The van der Waals surface area contributed by atoms with Crippen LogP contribution in [0, 0.1) is 0 Å². The van der Waals surface area contributed by atoms with Gasteiger partial charge in [-0.25, -0.2) is 0 Å². The number of hydrogen-bond donors (Lipinski definition) is 0. The van der Waals surface area contributed by atoms with Gasteiger partial charge in [-0.05, 0) is 77.8 Å². The molecule has 10 rings (SSSR count). The van der Waals surface area contributed by atoms with Gasteiger partial charge in [0.2, 0.25) is 0 Å². The largest absolute Gasteiger partial charge is 0.455 e. The van der Waals surface area contributed by atoms with Crippen molar-refractivity contribution in [1.29, 1.82) is 0 Å². The zero-order valence-corrected chi connectivity index (χ0v) is 24.4. The van der Waals surface area contributed by atoms with Crippen molar-refractivity contribution in [3.8, 4) is 44.5 Å². The Balaban J connectivity index is 1.45. The van der Waals surface area contributed by atoms with Crippen LogP contribution in [-0.4, -0.2) is 0 Å². The lowest BCUT2D eigenvalue weighted by molar-refractivity contribution is 0.670. The summed E-state index contributed by atoms with van der Waals surface area (Å²) >= 11 is 0. The van der Waals surface area contributed by atoms with Gasteiger partial charge >= 0.3 is 0 Å². The SMILES string of the molecule is [2H]c1c([2H])c([2H])c(-c2c([2H])c([2H])c3oc4c(-c5c6c([2H])c([2H])c([2H])c([2H])c6c(-c6c([2H])c([2H])c(-c7c([2H])c([2H])c([2H])c8c([2H])c([2H])c([2H])c([2H])c78)c([2H])c6[2H])c6c([2H])c([2H])c([2H])c([2H])c56)c([2H])c([2H])c([2H])c4c3c2[2H])c([2H])c1[2H]. The molecule has 0 aliphatic heterocycles. The second kappa shape index (κ2) is 11.1. The topological polar surface area (TPSA) is 13.1 Å². The quantitative estimate of drug-likeness (QED) is 0.172. The molecule has 0 fully saturated rings. The zero-order chi connectivity index (χ0) is 58.4. The Morgan fingerprint density at radius 3 is 1.59 bits per heavy atom. The maximum Gasteiger partial charge on any atom is 0.143 e. The smallest absolute Gasteiger partial charge is 0.143 e. The standard InChI is InChI=1S/C48H30O/c1-2-12-31(13-3-1)35-28-29-45-44(30-35)42-22-11-23-43(48(42)49-45)47-40-19-8-6-17-38(40)46(39-18-7-9-20-41(39)47)34-26-24-33(25-27-34)37-21-10-15-32-14-4-5-16-36(32)37/h1-30H/i1D,2D,3D,4D,5D,6D,7D,8D,9D,10D,11D,12D,13D,14D,15D,16D,17D,18D,19D,20D,21D,22D,23D,24D,25D,26D,27D,28D,29D,30D. The average Bonchev–Trinajstić information content (AvgIpc) is 4.06. The Bertz CT molecular complexity index is 4450. The van der Waals surface area contributed by atoms with E-state index in [2.05, 4.69) is 0 Å². The molecule has 1 aromatic heterocycles. The van der Waals surface area contributed by atoms with Crippen LogP contribution in [0.5, 0.6) is 0 Å². The van der Waals surface area contributed by atoms with Gasteiger partial charge in [0.25, 0.3) is 0 Å². The molecule has 0 spiro atoms. The molecule has 0 aliphatic carbocycles. The molecule has 0 atom stereocenters. The van der Waals surface area contributed by atoms with E-state index in [1.54, 1.807) is 0 Å². The first-order valence-electron chi connectivity index (χ1n) is 29.4. The minimum atomic E-state index is -1.12. The second-order valence-electron chi connectivity index (χ2n) is 10.5. The molecule has 0 saturated carbocycles. The first kappa shape index (κ1) is 11.1. The van der Waals surface area contributed by atoms with Crippen molar-refractivity contribution in [3.05, 3.63) is 181 Å². The highest BCUT2D eigenvalue weighted by molar-refractivity contribution is 6.24. The molecule has 0 radical (unpaired) electrons. The van der Waals surface area contributed by atoms with Crippen LogP contribution in [0.25, 0.3) is 98.8 Å². The third-order valence-electron chi connectivity index (χ3n) is 7.87. The van der Waals surface area contributed by atoms with Crippen molar-refractivity contribution in [2.24, 2.45) is 0 Å². The Hall–Kier alpha value is -6.44. The van der Waals surface area contributed by atoms with Crippen molar-refractivity contribution in [3.63, 3.8) is 0 Å². The van der Waals surface area contributed by atoms with Crippen LogP contribution in [0.4, 0.5) is 0 Å². The molecule has 0 amide bonds. The normalized spacial score (nSPS) is 20.2. The number of para-hydroxylation sites is 1. The summed E-state index contributed by atoms with van der Waals surface area (Å²) < 4.78 is 275. The zero-order valence-electron chi connectivity index (χ0n) is 54.4. The van der Waals surface area contributed by atoms with Gasteiger partial charge in [-0.15, -0.1) is 0 Å². The fourth-order valence-corrected chi connectivity index (χ4v) is 5.79. The Morgan fingerprint density at radius 1 is 0.327 bits per heavy atom. The number of hydrogen-bond acceptors (Lipinski definition) is 1. The molecule has 0 unspecified atom stereocenters. The summed E-state index contributed by atoms with van der Waals surface area (Å²) in [5.41, 5.74) is -7.62. The molecule has 228 valence electrons. The molecule has 10 aromatic rings. The summed E-state index contributed by atoms with van der Waals surface area (Å²) in [6.45, 7) is 0. The fourth-order valence-electron chi connectivity index (χ4n) is 5.79. The van der Waals surface area contributed by atoms with Crippen molar-refractivity contribution in [2.45, 2.75) is 0 Å². The first-order chi connectivity index (χ1) is 36.8. The summed E-state index contributed by atoms with van der Waals surface area (Å²) in [6, 6.07) is -28.8. The van der Waals surface area contributed by atoms with Crippen LogP contribution >= 0.6 is 0 Å². The van der Waals surface area contributed by atoms with E-state index < -0.39 is 280 Å². The van der Waals surface area contributed by atoms with Crippen LogP contribution < -0.4 is 0 Å². The van der Waals surface area contributed by atoms with Gasteiger partial charge in [0, 0.05) is 21.9 Å². The molecule has 1 heterocycles. The summed E-state index contributed by atoms with van der Waals surface area (Å²) in [6.07, 6.45) is 0. The monoisotopic (exact) mass is 652 g/mol. The lowest BCUT2D eigenvalue weighted by atomic mass is 9.85. The lowest BCUT2D eigenvalue weighted by Gasteiger charge is -2.18. The molecule has 1 nitrogen and oxygen atoms in total.